The molecular formula is C9H13N3O2. The lowest BCUT2D eigenvalue weighted by atomic mass is 10.2. The predicted molar refractivity (Wildman–Crippen MR) is 50.8 cm³/mol. The van der Waals surface area contributed by atoms with Gasteiger partial charge in [-0.3, -0.25) is 4.79 Å². The summed E-state index contributed by atoms with van der Waals surface area (Å²) in [5, 5.41) is 8.60. The summed E-state index contributed by atoms with van der Waals surface area (Å²) in [7, 11) is 0. The largest absolute Gasteiger partial charge is 0.480 e. The number of rotatable bonds is 3. The number of carboxylic acid groups (broad SMARTS) is 1. The summed E-state index contributed by atoms with van der Waals surface area (Å²) in [6, 6.07) is 0.895. The van der Waals surface area contributed by atoms with Crippen molar-refractivity contribution in [2.45, 2.75) is 26.3 Å². The minimum Gasteiger partial charge on any atom is -0.480 e. The monoisotopic (exact) mass is 195 g/mol. The molecule has 0 fully saturated rings. The van der Waals surface area contributed by atoms with Crippen LogP contribution >= 0.6 is 0 Å². The highest BCUT2D eigenvalue weighted by molar-refractivity contribution is 5.73. The minimum absolute atomic E-state index is 0.165. The molecule has 0 saturated heterocycles. The number of carbonyl (C=O) groups is 1. The van der Waals surface area contributed by atoms with Crippen molar-refractivity contribution in [3.05, 3.63) is 23.3 Å². The predicted octanol–water partition coefficient (Wildman–Crippen LogP) is 0.0478. The van der Waals surface area contributed by atoms with Crippen LogP contribution in [0.25, 0.3) is 0 Å². The maximum absolute atomic E-state index is 10.5. The van der Waals surface area contributed by atoms with Gasteiger partial charge in [-0.15, -0.1) is 0 Å². The summed E-state index contributed by atoms with van der Waals surface area (Å²) in [5.74, 6) is -0.551. The van der Waals surface area contributed by atoms with Gasteiger partial charge in [0.05, 0.1) is 0 Å². The number of nitrogens with zero attached hydrogens (tertiary/aromatic N) is 2. The molecule has 0 aromatic carbocycles. The highest BCUT2D eigenvalue weighted by atomic mass is 16.4. The molecule has 1 aromatic heterocycles. The Hall–Kier alpha value is -1.49. The Balaban J connectivity index is 2.81. The molecule has 0 aliphatic heterocycles. The first kappa shape index (κ1) is 10.6. The third kappa shape index (κ3) is 2.77. The molecule has 0 saturated carbocycles. The molecule has 1 atom stereocenters. The van der Waals surface area contributed by atoms with Gasteiger partial charge in [0.15, 0.2) is 0 Å². The fourth-order valence-electron chi connectivity index (χ4n) is 1.17. The van der Waals surface area contributed by atoms with Crippen LogP contribution in [0.2, 0.25) is 0 Å². The van der Waals surface area contributed by atoms with Gasteiger partial charge in [0.25, 0.3) is 0 Å². The summed E-state index contributed by atoms with van der Waals surface area (Å²) < 4.78 is 0. The molecule has 0 amide bonds. The van der Waals surface area contributed by atoms with Crippen LogP contribution in [0.5, 0.6) is 0 Å². The average Bonchev–Trinajstić information content (AvgIpc) is 2.01. The highest BCUT2D eigenvalue weighted by Crippen LogP contribution is 2.01. The molecule has 0 aliphatic rings. The first-order valence-electron chi connectivity index (χ1n) is 4.28. The number of hydrogen-bond donors (Lipinski definition) is 2. The fraction of sp³-hybridized carbons (Fsp3) is 0.444. The van der Waals surface area contributed by atoms with Gasteiger partial charge < -0.3 is 10.8 Å². The molecule has 1 rings (SSSR count). The Morgan fingerprint density at radius 2 is 2.00 bits per heavy atom. The van der Waals surface area contributed by atoms with Gasteiger partial charge in [-0.2, -0.15) is 0 Å². The number of aryl methyl sites for hydroxylation is 2. The number of aromatic nitrogens is 2. The first-order valence-corrected chi connectivity index (χ1v) is 4.28. The van der Waals surface area contributed by atoms with Crippen molar-refractivity contribution in [1.82, 2.24) is 9.97 Å². The summed E-state index contributed by atoms with van der Waals surface area (Å²) in [6.07, 6.45) is 0.165. The van der Waals surface area contributed by atoms with Crippen molar-refractivity contribution in [1.29, 1.82) is 0 Å². The molecule has 5 nitrogen and oxygen atoms in total. The van der Waals surface area contributed by atoms with Gasteiger partial charge in [-0.25, -0.2) is 9.97 Å². The summed E-state index contributed by atoms with van der Waals surface area (Å²) in [4.78, 5) is 18.7. The van der Waals surface area contributed by atoms with Crippen LogP contribution in [0.1, 0.15) is 17.2 Å². The zero-order valence-electron chi connectivity index (χ0n) is 8.19. The van der Waals surface area contributed by atoms with E-state index >= 15 is 0 Å². The van der Waals surface area contributed by atoms with E-state index in [1.54, 1.807) is 0 Å². The number of nitrogens with two attached hydrogens (primary N) is 1. The lowest BCUT2D eigenvalue weighted by molar-refractivity contribution is -0.138. The zero-order chi connectivity index (χ0) is 10.7. The van der Waals surface area contributed by atoms with Crippen molar-refractivity contribution in [2.75, 3.05) is 0 Å². The van der Waals surface area contributed by atoms with Crippen LogP contribution in [0.15, 0.2) is 6.07 Å². The smallest absolute Gasteiger partial charge is 0.320 e. The average molecular weight is 195 g/mol. The third-order valence-corrected chi connectivity index (χ3v) is 1.75. The van der Waals surface area contributed by atoms with E-state index in [0.717, 1.165) is 11.4 Å². The molecule has 0 radical (unpaired) electrons. The van der Waals surface area contributed by atoms with Crippen LogP contribution in [-0.2, 0) is 11.2 Å². The van der Waals surface area contributed by atoms with E-state index in [1.807, 2.05) is 19.9 Å². The summed E-state index contributed by atoms with van der Waals surface area (Å²) >= 11 is 0. The Kier molecular flexibility index (Phi) is 3.14. The normalized spacial score (nSPS) is 12.5. The Morgan fingerprint density at radius 1 is 1.50 bits per heavy atom. The molecule has 1 heterocycles. The first-order chi connectivity index (χ1) is 6.49. The van der Waals surface area contributed by atoms with E-state index in [1.165, 1.54) is 0 Å². The van der Waals surface area contributed by atoms with E-state index in [-0.39, 0.29) is 6.42 Å². The minimum atomic E-state index is -1.03. The maximum atomic E-state index is 10.5. The second-order valence-electron chi connectivity index (χ2n) is 3.22. The second-order valence-corrected chi connectivity index (χ2v) is 3.22. The topological polar surface area (TPSA) is 89.1 Å². The number of hydrogen-bond acceptors (Lipinski definition) is 4. The molecule has 0 aliphatic carbocycles. The SMILES string of the molecule is Cc1cc(C)nc(CC(N)C(=O)O)n1. The Bertz CT molecular complexity index is 332. The zero-order valence-corrected chi connectivity index (χ0v) is 8.19. The lowest BCUT2D eigenvalue weighted by Gasteiger charge is -2.06. The molecule has 5 heteroatoms. The quantitative estimate of drug-likeness (QED) is 0.711. The van der Waals surface area contributed by atoms with Crippen molar-refractivity contribution >= 4 is 5.97 Å². The number of aliphatic carboxylic acids is 1. The van der Waals surface area contributed by atoms with Crippen LogP contribution in [-0.4, -0.2) is 27.1 Å². The highest BCUT2D eigenvalue weighted by Gasteiger charge is 2.14. The summed E-state index contributed by atoms with van der Waals surface area (Å²) in [6.45, 7) is 3.68. The number of carboxylic acids is 1. The Labute approximate surface area is 82.0 Å². The van der Waals surface area contributed by atoms with Gasteiger partial charge in [-0.1, -0.05) is 0 Å². The van der Waals surface area contributed by atoms with Crippen LogP contribution in [0, 0.1) is 13.8 Å². The third-order valence-electron chi connectivity index (χ3n) is 1.75. The van der Waals surface area contributed by atoms with Crippen LogP contribution < -0.4 is 5.73 Å². The standard InChI is InChI=1S/C9H13N3O2/c1-5-3-6(2)12-8(11-5)4-7(10)9(13)14/h3,7H,4,10H2,1-2H3,(H,13,14). The van der Waals surface area contributed by atoms with Crippen LogP contribution in [0.4, 0.5) is 0 Å². The molecule has 76 valence electrons. The fourth-order valence-corrected chi connectivity index (χ4v) is 1.17. The van der Waals surface area contributed by atoms with Gasteiger partial charge in [0.1, 0.15) is 11.9 Å². The van der Waals surface area contributed by atoms with E-state index in [4.69, 9.17) is 10.8 Å². The molecule has 0 bridgehead atoms. The van der Waals surface area contributed by atoms with Gasteiger partial charge in [-0.05, 0) is 19.9 Å². The molecule has 1 unspecified atom stereocenters. The van der Waals surface area contributed by atoms with Gasteiger partial charge in [0, 0.05) is 17.8 Å². The van der Waals surface area contributed by atoms with E-state index < -0.39 is 12.0 Å². The molecule has 0 spiro atoms. The van der Waals surface area contributed by atoms with Crippen molar-refractivity contribution in [2.24, 2.45) is 5.73 Å². The van der Waals surface area contributed by atoms with Crippen molar-refractivity contribution in [3.63, 3.8) is 0 Å². The maximum Gasteiger partial charge on any atom is 0.320 e. The van der Waals surface area contributed by atoms with Gasteiger partial charge >= 0.3 is 5.97 Å². The van der Waals surface area contributed by atoms with Crippen LogP contribution in [0.3, 0.4) is 0 Å². The molecule has 3 N–H and O–H groups in total. The molecule has 1 aromatic rings. The van der Waals surface area contributed by atoms with E-state index in [2.05, 4.69) is 9.97 Å². The molecule has 14 heavy (non-hydrogen) atoms. The molecular weight excluding hydrogens is 182 g/mol. The van der Waals surface area contributed by atoms with Gasteiger partial charge in [0.2, 0.25) is 0 Å². The second kappa shape index (κ2) is 4.15. The van der Waals surface area contributed by atoms with Crippen molar-refractivity contribution < 1.29 is 9.90 Å². The van der Waals surface area contributed by atoms with E-state index in [9.17, 15) is 4.79 Å². The lowest BCUT2D eigenvalue weighted by Crippen LogP contribution is -2.33. The summed E-state index contributed by atoms with van der Waals surface area (Å²) in [5.41, 5.74) is 7.02. The van der Waals surface area contributed by atoms with E-state index in [0.29, 0.717) is 5.82 Å². The Morgan fingerprint density at radius 3 is 2.43 bits per heavy atom. The van der Waals surface area contributed by atoms with Crippen molar-refractivity contribution in [3.8, 4) is 0 Å².